The number of carbonyl (C=O) groups excluding carboxylic acids is 2. The zero-order valence-corrected chi connectivity index (χ0v) is 12.7. The third-order valence-corrected chi connectivity index (χ3v) is 3.32. The number of H-pyrrole nitrogens is 1. The van der Waals surface area contributed by atoms with Gasteiger partial charge < -0.3 is 9.72 Å². The summed E-state index contributed by atoms with van der Waals surface area (Å²) in [6, 6.07) is 8.83. The van der Waals surface area contributed by atoms with Crippen molar-refractivity contribution in [3.63, 3.8) is 0 Å². The molecule has 22 heavy (non-hydrogen) atoms. The molecule has 2 aromatic rings. The number of aryl methyl sites for hydroxylation is 1. The van der Waals surface area contributed by atoms with Crippen LogP contribution in [0.3, 0.4) is 0 Å². The number of ketones is 1. The molecule has 0 aliphatic carbocycles. The molecule has 0 saturated heterocycles. The number of nitrogens with zero attached hydrogens (tertiary/aromatic N) is 1. The lowest BCUT2D eigenvalue weighted by Crippen LogP contribution is -2.10. The summed E-state index contributed by atoms with van der Waals surface area (Å²) >= 11 is 0. The topological polar surface area (TPSA) is 82.9 Å². The lowest BCUT2D eigenvalue weighted by Gasteiger charge is -2.06. The first-order chi connectivity index (χ1) is 10.5. The second-order valence-electron chi connectivity index (χ2n) is 4.84. The molecule has 2 rings (SSSR count). The van der Waals surface area contributed by atoms with E-state index in [1.807, 2.05) is 6.07 Å². The first-order valence-electron chi connectivity index (χ1n) is 6.90. The molecule has 0 aliphatic heterocycles. The van der Waals surface area contributed by atoms with Crippen LogP contribution in [0.4, 0.5) is 0 Å². The molecule has 5 heteroatoms. The van der Waals surface area contributed by atoms with Crippen molar-refractivity contribution < 1.29 is 14.3 Å². The van der Waals surface area contributed by atoms with Gasteiger partial charge in [0.1, 0.15) is 0 Å². The zero-order valence-electron chi connectivity index (χ0n) is 12.7. The molecular weight excluding hydrogens is 280 g/mol. The van der Waals surface area contributed by atoms with Gasteiger partial charge in [-0.2, -0.15) is 5.26 Å². The highest BCUT2D eigenvalue weighted by Gasteiger charge is 2.25. The maximum atomic E-state index is 12.3. The van der Waals surface area contributed by atoms with Crippen molar-refractivity contribution in [2.45, 2.75) is 20.8 Å². The Balaban J connectivity index is 2.64. The average Bonchev–Trinajstić information content (AvgIpc) is 2.85. The minimum Gasteiger partial charge on any atom is -0.462 e. The summed E-state index contributed by atoms with van der Waals surface area (Å²) in [5.74, 6) is -0.729. The summed E-state index contributed by atoms with van der Waals surface area (Å²) in [6.07, 6.45) is 0. The summed E-state index contributed by atoms with van der Waals surface area (Å²) in [7, 11) is 0. The Hall–Kier alpha value is -2.87. The summed E-state index contributed by atoms with van der Waals surface area (Å²) in [5, 5.41) is 8.86. The highest BCUT2D eigenvalue weighted by Crippen LogP contribution is 2.29. The van der Waals surface area contributed by atoms with Crippen molar-refractivity contribution in [1.82, 2.24) is 4.98 Å². The van der Waals surface area contributed by atoms with Gasteiger partial charge in [0, 0.05) is 5.69 Å². The monoisotopic (exact) mass is 296 g/mol. The number of benzene rings is 1. The fraction of sp³-hybridized carbons (Fsp3) is 0.235. The van der Waals surface area contributed by atoms with Crippen LogP contribution in [-0.4, -0.2) is 23.3 Å². The van der Waals surface area contributed by atoms with Crippen LogP contribution in [-0.2, 0) is 4.74 Å². The molecule has 0 amide bonds. The van der Waals surface area contributed by atoms with Gasteiger partial charge >= 0.3 is 5.97 Å². The molecule has 1 heterocycles. The molecular formula is C17H16N2O3. The van der Waals surface area contributed by atoms with Crippen LogP contribution in [0, 0.1) is 18.3 Å². The Morgan fingerprint density at radius 3 is 2.36 bits per heavy atom. The predicted molar refractivity (Wildman–Crippen MR) is 81.6 cm³/mol. The minimum absolute atomic E-state index is 0.198. The van der Waals surface area contributed by atoms with Crippen LogP contribution in [0.25, 0.3) is 11.3 Å². The normalized spacial score (nSPS) is 10.1. The van der Waals surface area contributed by atoms with Crippen LogP contribution in [0.5, 0.6) is 0 Å². The number of aromatic nitrogens is 1. The Bertz CT molecular complexity index is 764. The van der Waals surface area contributed by atoms with Crippen LogP contribution < -0.4 is 0 Å². The molecule has 5 nitrogen and oxygen atoms in total. The van der Waals surface area contributed by atoms with E-state index in [0.29, 0.717) is 22.5 Å². The van der Waals surface area contributed by atoms with Crippen LogP contribution >= 0.6 is 0 Å². The van der Waals surface area contributed by atoms with Gasteiger partial charge in [-0.15, -0.1) is 0 Å². The second-order valence-corrected chi connectivity index (χ2v) is 4.84. The third-order valence-electron chi connectivity index (χ3n) is 3.32. The maximum Gasteiger partial charge on any atom is 0.341 e. The average molecular weight is 296 g/mol. The Kier molecular flexibility index (Phi) is 4.42. The lowest BCUT2D eigenvalue weighted by atomic mass is 10.0. The van der Waals surface area contributed by atoms with E-state index in [0.717, 1.165) is 5.56 Å². The zero-order chi connectivity index (χ0) is 16.3. The first-order valence-corrected chi connectivity index (χ1v) is 6.90. The predicted octanol–water partition coefficient (Wildman–Crippen LogP) is 3.24. The summed E-state index contributed by atoms with van der Waals surface area (Å²) < 4.78 is 5.08. The van der Waals surface area contributed by atoms with E-state index in [-0.39, 0.29) is 18.0 Å². The standard InChI is InChI=1S/C17H16N2O3/c1-4-22-17(21)15-14(11(3)20)10(2)19-16(15)13-7-5-12(9-18)6-8-13/h5-8,19H,4H2,1-3H3. The highest BCUT2D eigenvalue weighted by molar-refractivity contribution is 6.10. The van der Waals surface area contributed by atoms with Crippen molar-refractivity contribution in [2.24, 2.45) is 0 Å². The number of aromatic amines is 1. The number of nitriles is 1. The Morgan fingerprint density at radius 1 is 1.23 bits per heavy atom. The molecule has 0 fully saturated rings. The molecule has 1 aromatic carbocycles. The van der Waals surface area contributed by atoms with Crippen molar-refractivity contribution in [3.05, 3.63) is 46.6 Å². The largest absolute Gasteiger partial charge is 0.462 e. The molecule has 0 unspecified atom stereocenters. The van der Waals surface area contributed by atoms with Crippen LogP contribution in [0.2, 0.25) is 0 Å². The molecule has 1 aromatic heterocycles. The van der Waals surface area contributed by atoms with Gasteiger partial charge in [0.2, 0.25) is 0 Å². The fourth-order valence-corrected chi connectivity index (χ4v) is 2.40. The molecule has 0 bridgehead atoms. The number of ether oxygens (including phenoxy) is 1. The fourth-order valence-electron chi connectivity index (χ4n) is 2.40. The quantitative estimate of drug-likeness (QED) is 0.693. The molecule has 0 saturated carbocycles. The summed E-state index contributed by atoms with van der Waals surface area (Å²) in [5.41, 5.74) is 2.99. The number of esters is 1. The van der Waals surface area contributed by atoms with Crippen molar-refractivity contribution >= 4 is 11.8 Å². The smallest absolute Gasteiger partial charge is 0.341 e. The van der Waals surface area contributed by atoms with Gasteiger partial charge in [-0.05, 0) is 38.5 Å². The Labute approximate surface area is 128 Å². The Morgan fingerprint density at radius 2 is 1.86 bits per heavy atom. The van der Waals surface area contributed by atoms with E-state index in [9.17, 15) is 9.59 Å². The van der Waals surface area contributed by atoms with E-state index in [1.165, 1.54) is 6.92 Å². The number of hydrogen-bond donors (Lipinski definition) is 1. The SMILES string of the molecule is CCOC(=O)c1c(-c2ccc(C#N)cc2)[nH]c(C)c1C(C)=O. The molecule has 112 valence electrons. The van der Waals surface area contributed by atoms with E-state index >= 15 is 0 Å². The molecule has 1 N–H and O–H groups in total. The van der Waals surface area contributed by atoms with E-state index in [4.69, 9.17) is 10.00 Å². The maximum absolute atomic E-state index is 12.3. The number of nitrogens with one attached hydrogen (secondary N) is 1. The number of hydrogen-bond acceptors (Lipinski definition) is 4. The molecule has 0 spiro atoms. The lowest BCUT2D eigenvalue weighted by molar-refractivity contribution is 0.0524. The van der Waals surface area contributed by atoms with Gasteiger partial charge in [-0.1, -0.05) is 12.1 Å². The first kappa shape index (κ1) is 15.5. The van der Waals surface area contributed by atoms with Gasteiger partial charge in [-0.3, -0.25) is 4.79 Å². The van der Waals surface area contributed by atoms with Gasteiger partial charge in [0.05, 0.1) is 35.1 Å². The number of rotatable bonds is 4. The van der Waals surface area contributed by atoms with Gasteiger partial charge in [-0.25, -0.2) is 4.79 Å². The van der Waals surface area contributed by atoms with Gasteiger partial charge in [0.15, 0.2) is 5.78 Å². The minimum atomic E-state index is -0.531. The second kappa shape index (κ2) is 6.27. The van der Waals surface area contributed by atoms with Gasteiger partial charge in [0.25, 0.3) is 0 Å². The van der Waals surface area contributed by atoms with E-state index in [1.54, 1.807) is 38.1 Å². The van der Waals surface area contributed by atoms with Crippen molar-refractivity contribution in [2.75, 3.05) is 6.61 Å². The molecule has 0 atom stereocenters. The molecule has 0 aliphatic rings. The summed E-state index contributed by atoms with van der Waals surface area (Å²) in [6.45, 7) is 5.10. The van der Waals surface area contributed by atoms with Crippen LogP contribution in [0.15, 0.2) is 24.3 Å². The van der Waals surface area contributed by atoms with E-state index in [2.05, 4.69) is 4.98 Å². The number of Topliss-reactive ketones (excluding diaryl/α,β-unsaturated/α-hetero) is 1. The van der Waals surface area contributed by atoms with Crippen molar-refractivity contribution in [1.29, 1.82) is 5.26 Å². The van der Waals surface area contributed by atoms with Crippen molar-refractivity contribution in [3.8, 4) is 17.3 Å². The number of carbonyl (C=O) groups is 2. The van der Waals surface area contributed by atoms with Crippen LogP contribution in [0.1, 0.15) is 45.8 Å². The third kappa shape index (κ3) is 2.77. The van der Waals surface area contributed by atoms with E-state index < -0.39 is 5.97 Å². The summed E-state index contributed by atoms with van der Waals surface area (Å²) in [4.78, 5) is 27.2. The molecule has 0 radical (unpaired) electrons. The highest BCUT2D eigenvalue weighted by atomic mass is 16.5.